The van der Waals surface area contributed by atoms with Gasteiger partial charge in [-0.25, -0.2) is 9.97 Å². The molecule has 0 spiro atoms. The van der Waals surface area contributed by atoms with E-state index in [2.05, 4.69) is 25.8 Å². The number of hydrogen-bond donors (Lipinski definition) is 0. The third kappa shape index (κ3) is 2.64. The standard InChI is InChI=1S/C19H18N6O/c20-11-16-19(26-18(23-16)13-5-6-13)25-9-7-24(8-10-25)17-12-21-14-3-1-2-4-15(14)22-17/h1-4,12-13H,5-10H2. The molecule has 3 heterocycles. The van der Waals surface area contributed by atoms with E-state index in [1.807, 2.05) is 30.5 Å². The number of anilines is 2. The van der Waals surface area contributed by atoms with Crippen LogP contribution >= 0.6 is 0 Å². The van der Waals surface area contributed by atoms with Gasteiger partial charge in [-0.3, -0.25) is 4.98 Å². The Morgan fingerprint density at radius 1 is 1.00 bits per heavy atom. The van der Waals surface area contributed by atoms with Crippen LogP contribution in [0.1, 0.15) is 30.3 Å². The van der Waals surface area contributed by atoms with Gasteiger partial charge in [0.25, 0.3) is 0 Å². The lowest BCUT2D eigenvalue weighted by atomic mass is 10.3. The highest BCUT2D eigenvalue weighted by atomic mass is 16.4. The summed E-state index contributed by atoms with van der Waals surface area (Å²) in [5.74, 6) is 2.64. The fraction of sp³-hybridized carbons (Fsp3) is 0.368. The largest absolute Gasteiger partial charge is 0.423 e. The summed E-state index contributed by atoms with van der Waals surface area (Å²) in [6, 6.07) is 10.1. The molecule has 7 nitrogen and oxygen atoms in total. The van der Waals surface area contributed by atoms with E-state index in [0.717, 1.165) is 61.8 Å². The van der Waals surface area contributed by atoms with Gasteiger partial charge >= 0.3 is 0 Å². The van der Waals surface area contributed by atoms with Gasteiger partial charge in [-0.05, 0) is 25.0 Å². The summed E-state index contributed by atoms with van der Waals surface area (Å²) in [4.78, 5) is 17.9. The SMILES string of the molecule is N#Cc1nc(C2CC2)oc1N1CCN(c2cnc3ccccc3n2)CC1. The molecule has 0 amide bonds. The van der Waals surface area contributed by atoms with Crippen LogP contribution in [0.5, 0.6) is 0 Å². The minimum Gasteiger partial charge on any atom is -0.423 e. The molecule has 0 atom stereocenters. The molecule has 2 aliphatic rings. The molecule has 0 bridgehead atoms. The van der Waals surface area contributed by atoms with E-state index >= 15 is 0 Å². The predicted molar refractivity (Wildman–Crippen MR) is 97.2 cm³/mol. The van der Waals surface area contributed by atoms with Crippen molar-refractivity contribution in [1.82, 2.24) is 15.0 Å². The Balaban J connectivity index is 1.33. The van der Waals surface area contributed by atoms with Crippen molar-refractivity contribution in [2.45, 2.75) is 18.8 Å². The second-order valence-corrected chi connectivity index (χ2v) is 6.78. The molecule has 1 saturated carbocycles. The van der Waals surface area contributed by atoms with E-state index < -0.39 is 0 Å². The first-order chi connectivity index (χ1) is 12.8. The molecule has 7 heteroatoms. The lowest BCUT2D eigenvalue weighted by molar-refractivity contribution is 0.478. The first kappa shape index (κ1) is 15.1. The molecular weight excluding hydrogens is 328 g/mol. The molecule has 2 aromatic heterocycles. The maximum atomic E-state index is 9.37. The number of nitriles is 1. The van der Waals surface area contributed by atoms with Crippen molar-refractivity contribution >= 4 is 22.7 Å². The van der Waals surface area contributed by atoms with E-state index in [9.17, 15) is 5.26 Å². The maximum Gasteiger partial charge on any atom is 0.234 e. The Kier molecular flexibility index (Phi) is 3.49. The van der Waals surface area contributed by atoms with E-state index in [1.165, 1.54) is 0 Å². The Bertz CT molecular complexity index is 995. The first-order valence-corrected chi connectivity index (χ1v) is 8.94. The highest BCUT2D eigenvalue weighted by molar-refractivity contribution is 5.75. The topological polar surface area (TPSA) is 82.1 Å². The van der Waals surface area contributed by atoms with Crippen LogP contribution in [-0.2, 0) is 0 Å². The molecule has 0 radical (unpaired) electrons. The van der Waals surface area contributed by atoms with E-state index in [1.54, 1.807) is 0 Å². The van der Waals surface area contributed by atoms with Gasteiger partial charge in [0.2, 0.25) is 17.5 Å². The Hall–Kier alpha value is -3.14. The van der Waals surface area contributed by atoms with Gasteiger partial charge < -0.3 is 14.2 Å². The lowest BCUT2D eigenvalue weighted by Crippen LogP contribution is -2.47. The fourth-order valence-corrected chi connectivity index (χ4v) is 3.36. The summed E-state index contributed by atoms with van der Waals surface area (Å²) < 4.78 is 5.91. The highest BCUT2D eigenvalue weighted by Crippen LogP contribution is 2.41. The van der Waals surface area contributed by atoms with Crippen LogP contribution in [0, 0.1) is 11.3 Å². The van der Waals surface area contributed by atoms with Crippen LogP contribution in [0.15, 0.2) is 34.9 Å². The molecule has 1 aromatic carbocycles. The number of benzene rings is 1. The van der Waals surface area contributed by atoms with Gasteiger partial charge in [-0.15, -0.1) is 0 Å². The average Bonchev–Trinajstić information content (AvgIpc) is 3.46. The van der Waals surface area contributed by atoms with Crippen molar-refractivity contribution < 1.29 is 4.42 Å². The number of aromatic nitrogens is 3. The number of para-hydroxylation sites is 2. The molecule has 0 unspecified atom stereocenters. The molecule has 0 N–H and O–H groups in total. The first-order valence-electron chi connectivity index (χ1n) is 8.94. The number of hydrogen-bond acceptors (Lipinski definition) is 7. The van der Waals surface area contributed by atoms with Crippen molar-refractivity contribution in [3.05, 3.63) is 42.0 Å². The monoisotopic (exact) mass is 346 g/mol. The van der Waals surface area contributed by atoms with Crippen LogP contribution < -0.4 is 9.80 Å². The number of nitrogens with zero attached hydrogens (tertiary/aromatic N) is 6. The summed E-state index contributed by atoms with van der Waals surface area (Å²) in [6.07, 6.45) is 4.05. The normalized spacial score (nSPS) is 17.5. The summed E-state index contributed by atoms with van der Waals surface area (Å²) >= 11 is 0. The third-order valence-corrected chi connectivity index (χ3v) is 4.99. The van der Waals surface area contributed by atoms with Crippen LogP contribution in [0.3, 0.4) is 0 Å². The van der Waals surface area contributed by atoms with Gasteiger partial charge in [-0.1, -0.05) is 12.1 Å². The Morgan fingerprint density at radius 3 is 2.46 bits per heavy atom. The zero-order valence-corrected chi connectivity index (χ0v) is 14.3. The van der Waals surface area contributed by atoms with Gasteiger partial charge in [0.15, 0.2) is 0 Å². The molecule has 130 valence electrons. The van der Waals surface area contributed by atoms with Crippen LogP contribution in [0.2, 0.25) is 0 Å². The van der Waals surface area contributed by atoms with Gasteiger partial charge in [0, 0.05) is 32.1 Å². The number of piperazine rings is 1. The molecule has 1 aliphatic heterocycles. The van der Waals surface area contributed by atoms with E-state index in [4.69, 9.17) is 9.40 Å². The molecule has 2 fully saturated rings. The molecule has 1 saturated heterocycles. The number of fused-ring (bicyclic) bond motifs is 1. The van der Waals surface area contributed by atoms with Crippen molar-refractivity contribution in [2.75, 3.05) is 36.0 Å². The van der Waals surface area contributed by atoms with Crippen molar-refractivity contribution in [1.29, 1.82) is 5.26 Å². The summed E-state index contributed by atoms with van der Waals surface area (Å²) in [7, 11) is 0. The molecular formula is C19H18N6O. The average molecular weight is 346 g/mol. The highest BCUT2D eigenvalue weighted by Gasteiger charge is 2.32. The quantitative estimate of drug-likeness (QED) is 0.721. The number of oxazole rings is 1. The summed E-state index contributed by atoms with van der Waals surface area (Å²) in [5, 5.41) is 9.37. The summed E-state index contributed by atoms with van der Waals surface area (Å²) in [5.41, 5.74) is 2.22. The second kappa shape index (κ2) is 5.99. The van der Waals surface area contributed by atoms with E-state index in [0.29, 0.717) is 17.5 Å². The van der Waals surface area contributed by atoms with Crippen molar-refractivity contribution in [3.8, 4) is 6.07 Å². The smallest absolute Gasteiger partial charge is 0.234 e. The van der Waals surface area contributed by atoms with Gasteiger partial charge in [0.05, 0.1) is 17.2 Å². The molecule has 5 rings (SSSR count). The molecule has 3 aromatic rings. The molecule has 26 heavy (non-hydrogen) atoms. The molecule has 1 aliphatic carbocycles. The Morgan fingerprint density at radius 2 is 1.73 bits per heavy atom. The maximum absolute atomic E-state index is 9.37. The predicted octanol–water partition coefficient (Wildman–Crippen LogP) is 2.69. The van der Waals surface area contributed by atoms with Crippen LogP contribution in [0.4, 0.5) is 11.7 Å². The minimum atomic E-state index is 0.407. The van der Waals surface area contributed by atoms with Gasteiger partial charge in [0.1, 0.15) is 11.9 Å². The minimum absolute atomic E-state index is 0.407. The Labute approximate surface area is 150 Å². The number of rotatable bonds is 3. The zero-order valence-electron chi connectivity index (χ0n) is 14.3. The summed E-state index contributed by atoms with van der Waals surface area (Å²) in [6.45, 7) is 3.14. The fourth-order valence-electron chi connectivity index (χ4n) is 3.36. The van der Waals surface area contributed by atoms with Gasteiger partial charge in [-0.2, -0.15) is 5.26 Å². The second-order valence-electron chi connectivity index (χ2n) is 6.78. The zero-order chi connectivity index (χ0) is 17.5. The van der Waals surface area contributed by atoms with E-state index in [-0.39, 0.29) is 0 Å². The lowest BCUT2D eigenvalue weighted by Gasteiger charge is -2.35. The van der Waals surface area contributed by atoms with Crippen molar-refractivity contribution in [3.63, 3.8) is 0 Å². The van der Waals surface area contributed by atoms with Crippen LogP contribution in [-0.4, -0.2) is 41.1 Å². The third-order valence-electron chi connectivity index (χ3n) is 4.99. The van der Waals surface area contributed by atoms with Crippen LogP contribution in [0.25, 0.3) is 11.0 Å². The van der Waals surface area contributed by atoms with Crippen molar-refractivity contribution in [2.24, 2.45) is 0 Å².